The van der Waals surface area contributed by atoms with Crippen molar-refractivity contribution in [2.75, 3.05) is 20.3 Å². The van der Waals surface area contributed by atoms with E-state index in [2.05, 4.69) is 19.3 Å². The van der Waals surface area contributed by atoms with Crippen molar-refractivity contribution in [2.45, 2.75) is 32.2 Å². The molecule has 3 unspecified atom stereocenters. The highest BCUT2D eigenvalue weighted by Crippen LogP contribution is 2.39. The van der Waals surface area contributed by atoms with Gasteiger partial charge in [0, 0.05) is 19.3 Å². The molecule has 13 heavy (non-hydrogen) atoms. The maximum Gasteiger partial charge on any atom is 0.0494 e. The zero-order chi connectivity index (χ0) is 9.26. The molecule has 1 aliphatic heterocycles. The van der Waals surface area contributed by atoms with Crippen LogP contribution >= 0.6 is 0 Å². The highest BCUT2D eigenvalue weighted by molar-refractivity contribution is 4.92. The molecule has 2 heteroatoms. The Morgan fingerprint density at radius 2 is 2.08 bits per heavy atom. The van der Waals surface area contributed by atoms with Crippen LogP contribution in [-0.4, -0.2) is 26.3 Å². The van der Waals surface area contributed by atoms with Crippen molar-refractivity contribution in [3.8, 4) is 0 Å². The smallest absolute Gasteiger partial charge is 0.0494 e. The molecule has 0 aromatic heterocycles. The summed E-state index contributed by atoms with van der Waals surface area (Å²) in [6.45, 7) is 4.27. The molecule has 0 aromatic carbocycles. The second-order valence-corrected chi connectivity index (χ2v) is 4.66. The number of ether oxygens (including phenoxy) is 1. The lowest BCUT2D eigenvalue weighted by atomic mass is 9.81. The lowest BCUT2D eigenvalue weighted by Crippen LogP contribution is -2.42. The Morgan fingerprint density at radius 3 is 2.62 bits per heavy atom. The summed E-state index contributed by atoms with van der Waals surface area (Å²) >= 11 is 0. The van der Waals surface area contributed by atoms with Crippen molar-refractivity contribution in [1.29, 1.82) is 0 Å². The van der Waals surface area contributed by atoms with E-state index in [9.17, 15) is 0 Å². The van der Waals surface area contributed by atoms with E-state index in [1.807, 2.05) is 0 Å². The predicted molar refractivity (Wildman–Crippen MR) is 53.7 cm³/mol. The van der Waals surface area contributed by atoms with Gasteiger partial charge in [0.2, 0.25) is 0 Å². The lowest BCUT2D eigenvalue weighted by molar-refractivity contribution is 0.00896. The molecule has 0 aromatic rings. The molecular weight excluding hydrogens is 162 g/mol. The molecule has 1 heterocycles. The van der Waals surface area contributed by atoms with E-state index in [0.717, 1.165) is 37.0 Å². The van der Waals surface area contributed by atoms with Crippen molar-refractivity contribution in [1.82, 2.24) is 5.32 Å². The molecule has 2 fully saturated rings. The molecule has 2 aliphatic rings. The number of rotatable bonds is 3. The molecule has 2 nitrogen and oxygen atoms in total. The predicted octanol–water partition coefficient (Wildman–Crippen LogP) is 1.66. The molecule has 2 rings (SSSR count). The maximum atomic E-state index is 5.48. The van der Waals surface area contributed by atoms with Gasteiger partial charge in [0.1, 0.15) is 0 Å². The first kappa shape index (κ1) is 9.47. The highest BCUT2D eigenvalue weighted by Gasteiger charge is 2.38. The fraction of sp³-hybridized carbons (Fsp3) is 1.00. The van der Waals surface area contributed by atoms with Gasteiger partial charge in [-0.05, 0) is 44.1 Å². The first-order valence-electron chi connectivity index (χ1n) is 5.58. The first-order valence-corrected chi connectivity index (χ1v) is 5.58. The van der Waals surface area contributed by atoms with Gasteiger partial charge in [0.15, 0.2) is 0 Å². The average Bonchev–Trinajstić information content (AvgIpc) is 2.93. The van der Waals surface area contributed by atoms with E-state index in [0.29, 0.717) is 0 Å². The van der Waals surface area contributed by atoms with E-state index in [4.69, 9.17) is 4.74 Å². The summed E-state index contributed by atoms with van der Waals surface area (Å²) in [5.41, 5.74) is 0. The van der Waals surface area contributed by atoms with Crippen LogP contribution in [0.15, 0.2) is 0 Å². The summed E-state index contributed by atoms with van der Waals surface area (Å²) in [6.07, 6.45) is 4.13. The normalized spacial score (nSPS) is 37.4. The van der Waals surface area contributed by atoms with Crippen LogP contribution in [0.25, 0.3) is 0 Å². The van der Waals surface area contributed by atoms with Gasteiger partial charge in [0.05, 0.1) is 0 Å². The van der Waals surface area contributed by atoms with Crippen molar-refractivity contribution in [3.05, 3.63) is 0 Å². The molecule has 1 N–H and O–H groups in total. The fourth-order valence-corrected chi connectivity index (χ4v) is 2.68. The van der Waals surface area contributed by atoms with Crippen LogP contribution in [0, 0.1) is 17.8 Å². The zero-order valence-corrected chi connectivity index (χ0v) is 8.75. The highest BCUT2D eigenvalue weighted by atomic mass is 16.5. The summed E-state index contributed by atoms with van der Waals surface area (Å²) in [5.74, 6) is 2.56. The van der Waals surface area contributed by atoms with Crippen LogP contribution in [0.1, 0.15) is 26.2 Å². The number of hydrogen-bond donors (Lipinski definition) is 1. The second-order valence-electron chi connectivity index (χ2n) is 4.66. The Kier molecular flexibility index (Phi) is 2.89. The molecule has 1 saturated heterocycles. The lowest BCUT2D eigenvalue weighted by Gasteiger charge is -2.35. The third-order valence-electron chi connectivity index (χ3n) is 3.63. The Balaban J connectivity index is 1.94. The van der Waals surface area contributed by atoms with Crippen LogP contribution in [0.2, 0.25) is 0 Å². The first-order chi connectivity index (χ1) is 6.33. The Morgan fingerprint density at radius 1 is 1.31 bits per heavy atom. The molecule has 3 atom stereocenters. The van der Waals surface area contributed by atoms with E-state index >= 15 is 0 Å². The maximum absolute atomic E-state index is 5.48. The zero-order valence-electron chi connectivity index (χ0n) is 8.75. The molecule has 1 aliphatic carbocycles. The standard InChI is InChI=1S/C11H21NO/c1-8-7-13-6-5-10(8)11(12-2)9-3-4-9/h8-12H,3-7H2,1-2H3. The molecular formula is C11H21NO. The number of nitrogens with one attached hydrogen (secondary N) is 1. The Bertz CT molecular complexity index is 167. The monoisotopic (exact) mass is 183 g/mol. The minimum Gasteiger partial charge on any atom is -0.381 e. The quantitative estimate of drug-likeness (QED) is 0.718. The molecule has 0 amide bonds. The minimum absolute atomic E-state index is 0.742. The molecule has 1 saturated carbocycles. The van der Waals surface area contributed by atoms with Gasteiger partial charge in [-0.3, -0.25) is 0 Å². The third kappa shape index (κ3) is 2.05. The number of hydrogen-bond acceptors (Lipinski definition) is 2. The molecule has 0 radical (unpaired) electrons. The summed E-state index contributed by atoms with van der Waals surface area (Å²) in [7, 11) is 2.12. The summed E-state index contributed by atoms with van der Waals surface area (Å²) in [5, 5.41) is 3.51. The van der Waals surface area contributed by atoms with Gasteiger partial charge in [-0.1, -0.05) is 6.92 Å². The van der Waals surface area contributed by atoms with E-state index in [-0.39, 0.29) is 0 Å². The third-order valence-corrected chi connectivity index (χ3v) is 3.63. The van der Waals surface area contributed by atoms with E-state index in [1.54, 1.807) is 0 Å². The van der Waals surface area contributed by atoms with Gasteiger partial charge in [-0.15, -0.1) is 0 Å². The Labute approximate surface area is 81.0 Å². The van der Waals surface area contributed by atoms with Crippen molar-refractivity contribution < 1.29 is 4.74 Å². The molecule has 76 valence electrons. The van der Waals surface area contributed by atoms with Crippen molar-refractivity contribution in [3.63, 3.8) is 0 Å². The molecule has 0 bridgehead atoms. The van der Waals surface area contributed by atoms with Crippen LogP contribution < -0.4 is 5.32 Å². The van der Waals surface area contributed by atoms with E-state index < -0.39 is 0 Å². The second kappa shape index (κ2) is 3.97. The van der Waals surface area contributed by atoms with Gasteiger partial charge < -0.3 is 10.1 Å². The topological polar surface area (TPSA) is 21.3 Å². The van der Waals surface area contributed by atoms with Gasteiger partial charge in [0.25, 0.3) is 0 Å². The summed E-state index contributed by atoms with van der Waals surface area (Å²) in [4.78, 5) is 0. The summed E-state index contributed by atoms with van der Waals surface area (Å²) < 4.78 is 5.48. The van der Waals surface area contributed by atoms with Crippen LogP contribution in [0.4, 0.5) is 0 Å². The minimum atomic E-state index is 0.742. The SMILES string of the molecule is CNC(C1CC1)C1CCOCC1C. The largest absolute Gasteiger partial charge is 0.381 e. The van der Waals surface area contributed by atoms with Gasteiger partial charge in [-0.25, -0.2) is 0 Å². The van der Waals surface area contributed by atoms with Crippen LogP contribution in [0.5, 0.6) is 0 Å². The van der Waals surface area contributed by atoms with Crippen LogP contribution in [0.3, 0.4) is 0 Å². The summed E-state index contributed by atoms with van der Waals surface area (Å²) in [6, 6.07) is 0.763. The Hall–Kier alpha value is -0.0800. The average molecular weight is 183 g/mol. The molecule has 0 spiro atoms. The van der Waals surface area contributed by atoms with Gasteiger partial charge >= 0.3 is 0 Å². The van der Waals surface area contributed by atoms with Crippen LogP contribution in [-0.2, 0) is 4.74 Å². The van der Waals surface area contributed by atoms with Gasteiger partial charge in [-0.2, -0.15) is 0 Å². The van der Waals surface area contributed by atoms with Crippen molar-refractivity contribution >= 4 is 0 Å². The van der Waals surface area contributed by atoms with E-state index in [1.165, 1.54) is 19.3 Å². The fourth-order valence-electron chi connectivity index (χ4n) is 2.68. The van der Waals surface area contributed by atoms with Crippen molar-refractivity contribution in [2.24, 2.45) is 17.8 Å².